The average Bonchev–Trinajstić information content (AvgIpc) is 3.33. The number of carbonyl (C=O) groups is 2. The van der Waals surface area contributed by atoms with Gasteiger partial charge in [-0.05, 0) is 23.8 Å². The van der Waals surface area contributed by atoms with E-state index in [1.807, 2.05) is 6.07 Å². The van der Waals surface area contributed by atoms with Crippen LogP contribution in [-0.4, -0.2) is 45.0 Å². The summed E-state index contributed by atoms with van der Waals surface area (Å²) in [7, 11) is -3.09. The average molecular weight is 493 g/mol. The molecule has 35 heavy (non-hydrogen) atoms. The highest BCUT2D eigenvalue weighted by molar-refractivity contribution is 7.89. The topological polar surface area (TPSA) is 111 Å². The van der Waals surface area contributed by atoms with Gasteiger partial charge in [0.25, 0.3) is 10.0 Å². The van der Waals surface area contributed by atoms with Crippen molar-refractivity contribution in [2.45, 2.75) is 4.90 Å². The molecule has 0 unspecified atom stereocenters. The van der Waals surface area contributed by atoms with Crippen LogP contribution in [0.25, 0.3) is 5.57 Å². The van der Waals surface area contributed by atoms with Crippen molar-refractivity contribution < 1.29 is 32.2 Å². The van der Waals surface area contributed by atoms with Gasteiger partial charge in [0.1, 0.15) is 12.2 Å². The van der Waals surface area contributed by atoms with Crippen LogP contribution in [0.3, 0.4) is 0 Å². The molecule has 3 aromatic carbocycles. The molecule has 0 spiro atoms. The number of esters is 1. The summed E-state index contributed by atoms with van der Waals surface area (Å²) in [5, 5.41) is 2.66. The highest BCUT2D eigenvalue weighted by Gasteiger charge is 2.41. The molecule has 0 saturated heterocycles. The number of amides is 1. The minimum Gasteiger partial charge on any atom is -0.464 e. The molecule has 0 bridgehead atoms. The molecule has 2 heterocycles. The zero-order valence-corrected chi connectivity index (χ0v) is 19.4. The molecule has 5 rings (SSSR count). The van der Waals surface area contributed by atoms with Crippen LogP contribution in [0, 0.1) is 0 Å². The maximum atomic E-state index is 13.6. The van der Waals surface area contributed by atoms with Crippen molar-refractivity contribution in [1.29, 1.82) is 0 Å². The predicted octanol–water partition coefficient (Wildman–Crippen LogP) is 2.99. The lowest BCUT2D eigenvalue weighted by molar-refractivity contribution is -0.137. The van der Waals surface area contributed by atoms with Crippen LogP contribution in [0.2, 0.25) is 0 Å². The molecule has 10 heteroatoms. The number of benzene rings is 3. The molecule has 1 amide bonds. The van der Waals surface area contributed by atoms with Crippen LogP contribution in [0.15, 0.2) is 83.4 Å². The zero-order chi connectivity index (χ0) is 24.6. The second-order valence-corrected chi connectivity index (χ2v) is 9.54. The van der Waals surface area contributed by atoms with Gasteiger partial charge in [0, 0.05) is 22.9 Å². The van der Waals surface area contributed by atoms with Gasteiger partial charge < -0.3 is 19.5 Å². The number of carbonyl (C=O) groups excluding carboxylic acids is 2. The molecule has 2 aliphatic rings. The van der Waals surface area contributed by atoms with Crippen molar-refractivity contribution in [3.05, 3.63) is 89.6 Å². The van der Waals surface area contributed by atoms with Crippen molar-refractivity contribution in [3.63, 3.8) is 0 Å². The summed E-state index contributed by atoms with van der Waals surface area (Å²) in [6, 6.07) is 20.1. The van der Waals surface area contributed by atoms with Gasteiger partial charge in [0.2, 0.25) is 12.7 Å². The van der Waals surface area contributed by atoms with Gasteiger partial charge in [-0.25, -0.2) is 17.5 Å². The maximum absolute atomic E-state index is 13.6. The summed E-state index contributed by atoms with van der Waals surface area (Å²) >= 11 is 0. The molecule has 1 N–H and O–H groups in total. The van der Waals surface area contributed by atoms with E-state index in [0.717, 1.165) is 11.4 Å². The monoisotopic (exact) mass is 492 g/mol. The molecular weight excluding hydrogens is 472 g/mol. The third-order valence-corrected chi connectivity index (χ3v) is 7.40. The van der Waals surface area contributed by atoms with Crippen LogP contribution in [-0.2, 0) is 24.3 Å². The number of sulfonamides is 1. The van der Waals surface area contributed by atoms with Gasteiger partial charge in [0.15, 0.2) is 11.5 Å². The lowest BCUT2D eigenvalue weighted by atomic mass is 9.95. The predicted molar refractivity (Wildman–Crippen MR) is 126 cm³/mol. The lowest BCUT2D eigenvalue weighted by Gasteiger charge is -2.32. The molecular formula is C25H20N2O7S. The molecule has 9 nitrogen and oxygen atoms in total. The van der Waals surface area contributed by atoms with Gasteiger partial charge in [-0.15, -0.1) is 0 Å². The van der Waals surface area contributed by atoms with E-state index in [9.17, 15) is 18.0 Å². The Bertz CT molecular complexity index is 1470. The quantitative estimate of drug-likeness (QED) is 0.545. The van der Waals surface area contributed by atoms with Gasteiger partial charge in [-0.2, -0.15) is 0 Å². The number of nitrogens with zero attached hydrogens (tertiary/aromatic N) is 1. The number of hydrogen-bond donors (Lipinski definition) is 1. The largest absolute Gasteiger partial charge is 0.464 e. The number of anilines is 1. The van der Waals surface area contributed by atoms with Crippen LogP contribution in [0.1, 0.15) is 11.1 Å². The summed E-state index contributed by atoms with van der Waals surface area (Å²) in [6.07, 6.45) is 0. The number of rotatable bonds is 5. The number of nitrogens with one attached hydrogen (secondary N) is 1. The van der Waals surface area contributed by atoms with E-state index < -0.39 is 28.4 Å². The first-order valence-corrected chi connectivity index (χ1v) is 12.0. The van der Waals surface area contributed by atoms with E-state index in [1.54, 1.807) is 60.7 Å². The second kappa shape index (κ2) is 8.80. The molecule has 0 saturated carbocycles. The van der Waals surface area contributed by atoms with Crippen LogP contribution in [0.5, 0.6) is 11.5 Å². The number of methoxy groups -OCH3 is 1. The molecule has 0 atom stereocenters. The van der Waals surface area contributed by atoms with Gasteiger partial charge in [0.05, 0.1) is 12.0 Å². The van der Waals surface area contributed by atoms with Gasteiger partial charge in [-0.3, -0.25) is 4.79 Å². The first-order valence-electron chi connectivity index (χ1n) is 10.6. The molecule has 0 aliphatic carbocycles. The summed E-state index contributed by atoms with van der Waals surface area (Å²) < 4.78 is 43.6. The fourth-order valence-electron chi connectivity index (χ4n) is 4.06. The Balaban J connectivity index is 1.59. The molecule has 3 aromatic rings. The van der Waals surface area contributed by atoms with Crippen LogP contribution in [0.4, 0.5) is 5.69 Å². The Morgan fingerprint density at radius 1 is 0.971 bits per heavy atom. The first-order chi connectivity index (χ1) is 16.9. The Morgan fingerprint density at radius 3 is 2.46 bits per heavy atom. The Labute approximate surface area is 201 Å². The molecule has 0 fully saturated rings. The fourth-order valence-corrected chi connectivity index (χ4v) is 5.69. The SMILES string of the molecule is COC(=O)C1=C(c2ccccc2)c2ccccc2S(=O)(=O)N1CC(=O)Nc1ccc2c(c1)OCO2. The van der Waals surface area contributed by atoms with E-state index in [2.05, 4.69) is 5.32 Å². The van der Waals surface area contributed by atoms with Crippen molar-refractivity contribution >= 4 is 33.2 Å². The standard InChI is InChI=1S/C25H20N2O7S/c1-32-25(29)24-23(16-7-3-2-4-8-16)18-9-5-6-10-21(18)35(30,31)27(24)14-22(28)26-17-11-12-19-20(13-17)34-15-33-19/h2-13H,14-15H2,1H3,(H,26,28). The van der Waals surface area contributed by atoms with Gasteiger partial charge in [-0.1, -0.05) is 48.5 Å². The molecule has 0 radical (unpaired) electrons. The molecule has 178 valence electrons. The van der Waals surface area contributed by atoms with E-state index in [1.165, 1.54) is 6.07 Å². The van der Waals surface area contributed by atoms with E-state index in [4.69, 9.17) is 14.2 Å². The van der Waals surface area contributed by atoms with E-state index in [0.29, 0.717) is 33.9 Å². The lowest BCUT2D eigenvalue weighted by Crippen LogP contribution is -2.43. The number of ether oxygens (including phenoxy) is 3. The van der Waals surface area contributed by atoms with Gasteiger partial charge >= 0.3 is 5.97 Å². The summed E-state index contributed by atoms with van der Waals surface area (Å²) in [5.41, 5.74) is 1.47. The highest BCUT2D eigenvalue weighted by atomic mass is 32.2. The normalized spacial score (nSPS) is 15.4. The number of fused-ring (bicyclic) bond motifs is 2. The summed E-state index contributed by atoms with van der Waals surface area (Å²) in [4.78, 5) is 26.0. The van der Waals surface area contributed by atoms with Crippen molar-refractivity contribution in [1.82, 2.24) is 4.31 Å². The van der Waals surface area contributed by atoms with E-state index in [-0.39, 0.29) is 17.4 Å². The first kappa shape index (κ1) is 22.5. The number of hydrogen-bond acceptors (Lipinski definition) is 7. The Hall–Kier alpha value is -4.31. The van der Waals surface area contributed by atoms with E-state index >= 15 is 0 Å². The fraction of sp³-hybridized carbons (Fsp3) is 0.120. The van der Waals surface area contributed by atoms with Crippen molar-refractivity contribution in [2.24, 2.45) is 0 Å². The second-order valence-electron chi connectivity index (χ2n) is 7.71. The minimum absolute atomic E-state index is 0.0117. The zero-order valence-electron chi connectivity index (χ0n) is 18.6. The highest BCUT2D eigenvalue weighted by Crippen LogP contribution is 2.40. The third kappa shape index (κ3) is 3.97. The smallest absolute Gasteiger partial charge is 0.356 e. The Kier molecular flexibility index (Phi) is 5.65. The van der Waals surface area contributed by atoms with Crippen LogP contribution < -0.4 is 14.8 Å². The third-order valence-electron chi connectivity index (χ3n) is 5.60. The van der Waals surface area contributed by atoms with Crippen LogP contribution >= 0.6 is 0 Å². The van der Waals surface area contributed by atoms with Crippen molar-refractivity contribution in [3.8, 4) is 11.5 Å². The molecule has 2 aliphatic heterocycles. The Morgan fingerprint density at radius 2 is 1.69 bits per heavy atom. The maximum Gasteiger partial charge on any atom is 0.356 e. The minimum atomic E-state index is -4.26. The molecule has 0 aromatic heterocycles. The summed E-state index contributed by atoms with van der Waals surface area (Å²) in [6.45, 7) is -0.570. The van der Waals surface area contributed by atoms with Crippen molar-refractivity contribution in [2.75, 3.05) is 25.8 Å². The summed E-state index contributed by atoms with van der Waals surface area (Å²) in [5.74, 6) is -0.524.